The van der Waals surface area contributed by atoms with E-state index in [2.05, 4.69) is 30.1 Å². The summed E-state index contributed by atoms with van der Waals surface area (Å²) in [6.07, 6.45) is 2.12. The third-order valence-corrected chi connectivity index (χ3v) is 4.24. The smallest absolute Gasteiger partial charge is 0.245 e. The van der Waals surface area contributed by atoms with E-state index in [1.54, 1.807) is 0 Å². The van der Waals surface area contributed by atoms with E-state index < -0.39 is 0 Å². The fourth-order valence-electron chi connectivity index (χ4n) is 3.29. The summed E-state index contributed by atoms with van der Waals surface area (Å²) in [5.74, 6) is 0.104. The van der Waals surface area contributed by atoms with Crippen LogP contribution in [0.2, 0.25) is 0 Å². The molecular weight excluding hydrogens is 290 g/mol. The molecule has 0 radical (unpaired) electrons. The van der Waals surface area contributed by atoms with Crippen LogP contribution in [0.4, 0.5) is 11.4 Å². The van der Waals surface area contributed by atoms with Crippen LogP contribution in [-0.2, 0) is 9.53 Å². The molecule has 2 aliphatic rings. The molecule has 23 heavy (non-hydrogen) atoms. The second-order valence-electron chi connectivity index (χ2n) is 6.77. The number of para-hydroxylation sites is 2. The van der Waals surface area contributed by atoms with Gasteiger partial charge in [0.2, 0.25) is 5.91 Å². The van der Waals surface area contributed by atoms with Gasteiger partial charge in [0.1, 0.15) is 0 Å². The summed E-state index contributed by atoms with van der Waals surface area (Å²) >= 11 is 0. The predicted molar refractivity (Wildman–Crippen MR) is 92.6 cm³/mol. The summed E-state index contributed by atoms with van der Waals surface area (Å²) in [6.45, 7) is 9.68. The number of hydrogen-bond acceptors (Lipinski definition) is 4. The predicted octanol–water partition coefficient (Wildman–Crippen LogP) is 2.46. The first-order valence-corrected chi connectivity index (χ1v) is 8.16. The molecule has 0 aromatic heterocycles. The van der Waals surface area contributed by atoms with E-state index in [4.69, 9.17) is 4.74 Å². The van der Waals surface area contributed by atoms with Crippen molar-refractivity contribution in [3.05, 3.63) is 36.0 Å². The van der Waals surface area contributed by atoms with Crippen molar-refractivity contribution in [2.75, 3.05) is 43.1 Å². The molecule has 1 aromatic rings. The summed E-state index contributed by atoms with van der Waals surface area (Å²) in [5.41, 5.74) is 2.67. The molecule has 5 nitrogen and oxygen atoms in total. The van der Waals surface area contributed by atoms with Crippen LogP contribution in [0.5, 0.6) is 0 Å². The standard InChI is InChI=1S/C18H25N3O2/c1-14-12-18(2,3)19-15-6-4-5-7-16(15)21(14)17(22)13-20-8-10-23-11-9-20/h4-7,12,19H,8-11,13H2,1-3H3. The average Bonchev–Trinajstić information content (AvgIpc) is 2.59. The summed E-state index contributed by atoms with van der Waals surface area (Å²) in [6, 6.07) is 7.99. The molecule has 0 atom stereocenters. The number of anilines is 2. The molecule has 2 aliphatic heterocycles. The Hall–Kier alpha value is -1.85. The largest absolute Gasteiger partial charge is 0.379 e. The van der Waals surface area contributed by atoms with Crippen LogP contribution in [0.25, 0.3) is 0 Å². The zero-order valence-corrected chi connectivity index (χ0v) is 14.1. The number of rotatable bonds is 2. The fraction of sp³-hybridized carbons (Fsp3) is 0.500. The van der Waals surface area contributed by atoms with Gasteiger partial charge in [-0.25, -0.2) is 0 Å². The molecule has 0 unspecified atom stereocenters. The molecule has 1 N–H and O–H groups in total. The third-order valence-electron chi connectivity index (χ3n) is 4.24. The summed E-state index contributed by atoms with van der Waals surface area (Å²) in [5, 5.41) is 3.51. The fourth-order valence-corrected chi connectivity index (χ4v) is 3.29. The highest BCUT2D eigenvalue weighted by Crippen LogP contribution is 2.35. The molecular formula is C18H25N3O2. The first-order chi connectivity index (χ1) is 11.0. The van der Waals surface area contributed by atoms with Crippen molar-refractivity contribution in [1.29, 1.82) is 0 Å². The molecule has 3 rings (SSSR count). The topological polar surface area (TPSA) is 44.8 Å². The number of nitrogens with zero attached hydrogens (tertiary/aromatic N) is 2. The van der Waals surface area contributed by atoms with Gasteiger partial charge in [-0.05, 0) is 39.0 Å². The van der Waals surface area contributed by atoms with Crippen molar-refractivity contribution in [2.24, 2.45) is 0 Å². The molecule has 1 amide bonds. The Bertz CT molecular complexity index is 618. The number of benzene rings is 1. The Morgan fingerprint density at radius 2 is 1.96 bits per heavy atom. The lowest BCUT2D eigenvalue weighted by Gasteiger charge is -2.30. The molecule has 0 bridgehead atoms. The first kappa shape index (κ1) is 16.0. The van der Waals surface area contributed by atoms with Crippen LogP contribution in [0.3, 0.4) is 0 Å². The Morgan fingerprint density at radius 1 is 1.26 bits per heavy atom. The number of allylic oxidation sites excluding steroid dienone is 1. The minimum absolute atomic E-state index is 0.104. The van der Waals surface area contributed by atoms with Gasteiger partial charge < -0.3 is 10.1 Å². The minimum atomic E-state index is -0.200. The molecule has 1 fully saturated rings. The lowest BCUT2D eigenvalue weighted by atomic mass is 10.0. The van der Waals surface area contributed by atoms with Crippen LogP contribution >= 0.6 is 0 Å². The maximum Gasteiger partial charge on any atom is 0.245 e. The molecule has 0 saturated carbocycles. The third kappa shape index (κ3) is 3.57. The molecule has 1 saturated heterocycles. The zero-order chi connectivity index (χ0) is 16.4. The van der Waals surface area contributed by atoms with Crippen molar-refractivity contribution in [2.45, 2.75) is 26.3 Å². The van der Waals surface area contributed by atoms with Crippen LogP contribution in [-0.4, -0.2) is 49.2 Å². The van der Waals surface area contributed by atoms with E-state index in [1.807, 2.05) is 36.1 Å². The van der Waals surface area contributed by atoms with E-state index in [9.17, 15) is 4.79 Å². The number of amides is 1. The highest BCUT2D eigenvalue weighted by atomic mass is 16.5. The van der Waals surface area contributed by atoms with Gasteiger partial charge in [0, 0.05) is 18.8 Å². The van der Waals surface area contributed by atoms with Crippen LogP contribution in [0.15, 0.2) is 36.0 Å². The van der Waals surface area contributed by atoms with Crippen molar-refractivity contribution in [3.63, 3.8) is 0 Å². The zero-order valence-electron chi connectivity index (χ0n) is 14.1. The van der Waals surface area contributed by atoms with Crippen LogP contribution < -0.4 is 10.2 Å². The number of ether oxygens (including phenoxy) is 1. The van der Waals surface area contributed by atoms with Gasteiger partial charge in [-0.15, -0.1) is 0 Å². The summed E-state index contributed by atoms with van der Waals surface area (Å²) in [4.78, 5) is 17.0. The van der Waals surface area contributed by atoms with E-state index in [1.165, 1.54) is 0 Å². The summed E-state index contributed by atoms with van der Waals surface area (Å²) < 4.78 is 5.36. The Morgan fingerprint density at radius 3 is 2.70 bits per heavy atom. The quantitative estimate of drug-likeness (QED) is 0.910. The molecule has 124 valence electrons. The molecule has 1 aromatic carbocycles. The number of nitrogens with one attached hydrogen (secondary N) is 1. The van der Waals surface area contributed by atoms with Gasteiger partial charge in [0.15, 0.2) is 0 Å². The van der Waals surface area contributed by atoms with E-state index in [-0.39, 0.29) is 11.4 Å². The first-order valence-electron chi connectivity index (χ1n) is 8.16. The second-order valence-corrected chi connectivity index (χ2v) is 6.77. The molecule has 0 spiro atoms. The van der Waals surface area contributed by atoms with Crippen molar-refractivity contribution in [1.82, 2.24) is 4.90 Å². The van der Waals surface area contributed by atoms with Gasteiger partial charge in [-0.3, -0.25) is 14.6 Å². The van der Waals surface area contributed by atoms with Crippen LogP contribution in [0.1, 0.15) is 20.8 Å². The Balaban J connectivity index is 1.90. The maximum atomic E-state index is 13.0. The van der Waals surface area contributed by atoms with E-state index >= 15 is 0 Å². The maximum absolute atomic E-state index is 13.0. The molecule has 2 heterocycles. The van der Waals surface area contributed by atoms with Crippen molar-refractivity contribution in [3.8, 4) is 0 Å². The van der Waals surface area contributed by atoms with Crippen molar-refractivity contribution >= 4 is 17.3 Å². The highest BCUT2D eigenvalue weighted by molar-refractivity contribution is 6.01. The van der Waals surface area contributed by atoms with Gasteiger partial charge in [-0.2, -0.15) is 0 Å². The van der Waals surface area contributed by atoms with Crippen molar-refractivity contribution < 1.29 is 9.53 Å². The second kappa shape index (κ2) is 6.34. The monoisotopic (exact) mass is 315 g/mol. The van der Waals surface area contributed by atoms with Gasteiger partial charge in [-0.1, -0.05) is 12.1 Å². The number of fused-ring (bicyclic) bond motifs is 1. The number of carbonyl (C=O) groups is 1. The molecule has 0 aliphatic carbocycles. The Labute approximate surface area is 137 Å². The van der Waals surface area contributed by atoms with Gasteiger partial charge >= 0.3 is 0 Å². The number of morpholine rings is 1. The summed E-state index contributed by atoms with van der Waals surface area (Å²) in [7, 11) is 0. The number of carbonyl (C=O) groups excluding carboxylic acids is 1. The van der Waals surface area contributed by atoms with E-state index in [0.29, 0.717) is 19.8 Å². The van der Waals surface area contributed by atoms with E-state index in [0.717, 1.165) is 30.2 Å². The SMILES string of the molecule is CC1=CC(C)(C)Nc2ccccc2N1C(=O)CN1CCOCC1. The molecule has 5 heteroatoms. The lowest BCUT2D eigenvalue weighted by molar-refractivity contribution is -0.120. The minimum Gasteiger partial charge on any atom is -0.379 e. The normalized spacial score (nSPS) is 21.0. The lowest BCUT2D eigenvalue weighted by Crippen LogP contribution is -2.44. The number of hydrogen-bond donors (Lipinski definition) is 1. The van der Waals surface area contributed by atoms with Gasteiger partial charge in [0.25, 0.3) is 0 Å². The Kier molecular flexibility index (Phi) is 4.41. The van der Waals surface area contributed by atoms with Gasteiger partial charge in [0.05, 0.1) is 36.7 Å². The highest BCUT2D eigenvalue weighted by Gasteiger charge is 2.29. The average molecular weight is 315 g/mol. The van der Waals surface area contributed by atoms with Crippen LogP contribution in [0, 0.1) is 0 Å².